The van der Waals surface area contributed by atoms with Gasteiger partial charge in [0.2, 0.25) is 0 Å². The van der Waals surface area contributed by atoms with Crippen LogP contribution in [0.2, 0.25) is 0 Å². The topological polar surface area (TPSA) is 38.8 Å². The van der Waals surface area contributed by atoms with Crippen molar-refractivity contribution in [2.24, 2.45) is 0 Å². The van der Waals surface area contributed by atoms with E-state index in [1.54, 1.807) is 18.4 Å². The summed E-state index contributed by atoms with van der Waals surface area (Å²) in [5.41, 5.74) is 3.46. The second-order valence-corrected chi connectivity index (χ2v) is 8.31. The minimum atomic E-state index is 0.132. The molecule has 0 N–H and O–H groups in total. The molecule has 5 heteroatoms. The molecule has 1 fully saturated rings. The van der Waals surface area contributed by atoms with Gasteiger partial charge in [0.05, 0.1) is 12.0 Å². The van der Waals surface area contributed by atoms with Crippen LogP contribution in [0.5, 0.6) is 11.5 Å². The van der Waals surface area contributed by atoms with Crippen LogP contribution in [0.15, 0.2) is 54.6 Å². The Kier molecular flexibility index (Phi) is 4.32. The number of benzene rings is 2. The van der Waals surface area contributed by atoms with E-state index in [4.69, 9.17) is 9.47 Å². The number of hydrogen-bond donors (Lipinski definition) is 0. The van der Waals surface area contributed by atoms with Gasteiger partial charge in [-0.05, 0) is 42.3 Å². The van der Waals surface area contributed by atoms with Crippen LogP contribution in [-0.4, -0.2) is 31.0 Å². The minimum absolute atomic E-state index is 0.132. The number of rotatable bonds is 3. The second kappa shape index (κ2) is 6.99. The molecule has 142 valence electrons. The molecule has 2 aromatic carbocycles. The number of amides is 1. The smallest absolute Gasteiger partial charge is 0.263 e. The largest absolute Gasteiger partial charge is 0.497 e. The molecular weight excluding hydrogens is 370 g/mol. The first-order valence-corrected chi connectivity index (χ1v) is 10.3. The van der Waals surface area contributed by atoms with Gasteiger partial charge in [0, 0.05) is 35.0 Å². The first-order valence-electron chi connectivity index (χ1n) is 9.51. The zero-order valence-corrected chi connectivity index (χ0v) is 16.5. The molecular formula is C23H21NO3S. The molecule has 0 radical (unpaired) electrons. The SMILES string of the molecule is COc1ccc(C2CCN(C(=O)c3cc4c(s3)-c3ccccc3OC4)C2)cc1. The number of fused-ring (bicyclic) bond motifs is 3. The molecule has 2 aliphatic rings. The first kappa shape index (κ1) is 17.3. The Bertz CT molecular complexity index is 1020. The molecule has 4 nitrogen and oxygen atoms in total. The molecule has 1 amide bonds. The van der Waals surface area contributed by atoms with Crippen molar-refractivity contribution in [1.82, 2.24) is 4.90 Å². The number of thiophene rings is 1. The molecule has 0 bridgehead atoms. The van der Waals surface area contributed by atoms with E-state index < -0.39 is 0 Å². The Labute approximate surface area is 168 Å². The van der Waals surface area contributed by atoms with Gasteiger partial charge in [-0.15, -0.1) is 11.3 Å². The summed E-state index contributed by atoms with van der Waals surface area (Å²) in [5.74, 6) is 2.28. The van der Waals surface area contributed by atoms with Crippen LogP contribution in [0.1, 0.15) is 33.1 Å². The predicted molar refractivity (Wildman–Crippen MR) is 110 cm³/mol. The molecule has 0 spiro atoms. The highest BCUT2D eigenvalue weighted by Crippen LogP contribution is 2.43. The minimum Gasteiger partial charge on any atom is -0.497 e. The number of methoxy groups -OCH3 is 1. The van der Waals surface area contributed by atoms with Crippen LogP contribution < -0.4 is 9.47 Å². The molecule has 3 heterocycles. The molecule has 28 heavy (non-hydrogen) atoms. The maximum absolute atomic E-state index is 13.1. The monoisotopic (exact) mass is 391 g/mol. The summed E-state index contributed by atoms with van der Waals surface area (Å²) in [5, 5.41) is 0. The predicted octanol–water partition coefficient (Wildman–Crippen LogP) is 4.95. The highest BCUT2D eigenvalue weighted by molar-refractivity contribution is 7.17. The molecule has 0 aliphatic carbocycles. The van der Waals surface area contributed by atoms with Crippen molar-refractivity contribution in [3.63, 3.8) is 0 Å². The number of para-hydroxylation sites is 1. The number of carbonyl (C=O) groups is 1. The number of carbonyl (C=O) groups excluding carboxylic acids is 1. The highest BCUT2D eigenvalue weighted by atomic mass is 32.1. The Morgan fingerprint density at radius 2 is 2.00 bits per heavy atom. The molecule has 1 saturated heterocycles. The molecule has 2 aliphatic heterocycles. The Hall–Kier alpha value is -2.79. The van der Waals surface area contributed by atoms with Crippen molar-refractivity contribution in [3.8, 4) is 21.9 Å². The lowest BCUT2D eigenvalue weighted by molar-refractivity contribution is 0.0795. The van der Waals surface area contributed by atoms with Gasteiger partial charge in [-0.1, -0.05) is 24.3 Å². The van der Waals surface area contributed by atoms with Gasteiger partial charge in [0.15, 0.2) is 0 Å². The molecule has 5 rings (SSSR count). The van der Waals surface area contributed by atoms with Gasteiger partial charge < -0.3 is 14.4 Å². The van der Waals surface area contributed by atoms with Crippen LogP contribution in [0.4, 0.5) is 0 Å². The number of ether oxygens (including phenoxy) is 2. The van der Waals surface area contributed by atoms with Crippen molar-refractivity contribution in [2.75, 3.05) is 20.2 Å². The van der Waals surface area contributed by atoms with E-state index in [1.807, 2.05) is 41.3 Å². The highest BCUT2D eigenvalue weighted by Gasteiger charge is 2.30. The van der Waals surface area contributed by atoms with E-state index in [0.717, 1.165) is 51.9 Å². The van der Waals surface area contributed by atoms with E-state index in [9.17, 15) is 4.79 Å². The van der Waals surface area contributed by atoms with E-state index in [0.29, 0.717) is 12.5 Å². The molecule has 1 aromatic heterocycles. The van der Waals surface area contributed by atoms with Crippen LogP contribution >= 0.6 is 11.3 Å². The summed E-state index contributed by atoms with van der Waals surface area (Å²) >= 11 is 1.59. The Balaban J connectivity index is 1.35. The summed E-state index contributed by atoms with van der Waals surface area (Å²) in [6.45, 7) is 2.09. The lowest BCUT2D eigenvalue weighted by Crippen LogP contribution is -2.27. The van der Waals surface area contributed by atoms with Crippen molar-refractivity contribution in [2.45, 2.75) is 18.9 Å². The quantitative estimate of drug-likeness (QED) is 0.634. The maximum atomic E-state index is 13.1. The normalized spacial score (nSPS) is 17.6. The summed E-state index contributed by atoms with van der Waals surface area (Å²) in [4.78, 5) is 17.1. The van der Waals surface area contributed by atoms with Crippen molar-refractivity contribution < 1.29 is 14.3 Å². The third kappa shape index (κ3) is 2.96. The van der Waals surface area contributed by atoms with Gasteiger partial charge in [0.25, 0.3) is 5.91 Å². The fraction of sp³-hybridized carbons (Fsp3) is 0.261. The zero-order chi connectivity index (χ0) is 19.1. The standard InChI is InChI=1S/C23H21NO3S/c1-26-18-8-6-15(7-9-18)16-10-11-24(13-16)23(25)21-12-17-14-27-20-5-3-2-4-19(20)22(17)28-21/h2-9,12,16H,10-11,13-14H2,1H3. The number of likely N-dealkylation sites (tertiary alicyclic amines) is 1. The fourth-order valence-corrected chi connectivity index (χ4v) is 5.22. The van der Waals surface area contributed by atoms with Gasteiger partial charge >= 0.3 is 0 Å². The summed E-state index contributed by atoms with van der Waals surface area (Å²) in [7, 11) is 1.68. The van der Waals surface area contributed by atoms with Crippen molar-refractivity contribution in [1.29, 1.82) is 0 Å². The van der Waals surface area contributed by atoms with Crippen molar-refractivity contribution in [3.05, 3.63) is 70.6 Å². The molecule has 1 atom stereocenters. The van der Waals surface area contributed by atoms with Crippen LogP contribution in [0.3, 0.4) is 0 Å². The molecule has 1 unspecified atom stereocenters. The number of nitrogens with zero attached hydrogens (tertiary/aromatic N) is 1. The average Bonchev–Trinajstić information content (AvgIpc) is 3.41. The van der Waals surface area contributed by atoms with Gasteiger partial charge in [-0.25, -0.2) is 0 Å². The van der Waals surface area contributed by atoms with E-state index >= 15 is 0 Å². The third-order valence-corrected chi connectivity index (χ3v) is 6.80. The Morgan fingerprint density at radius 3 is 2.82 bits per heavy atom. The van der Waals surface area contributed by atoms with Gasteiger partial charge in [-0.2, -0.15) is 0 Å². The second-order valence-electron chi connectivity index (χ2n) is 7.26. The Morgan fingerprint density at radius 1 is 1.18 bits per heavy atom. The third-order valence-electron chi connectivity index (χ3n) is 5.60. The summed E-state index contributed by atoms with van der Waals surface area (Å²) < 4.78 is 11.1. The summed E-state index contributed by atoms with van der Waals surface area (Å²) in [6.07, 6.45) is 0.995. The molecule has 0 saturated carbocycles. The maximum Gasteiger partial charge on any atom is 0.263 e. The van der Waals surface area contributed by atoms with Crippen LogP contribution in [0.25, 0.3) is 10.4 Å². The lowest BCUT2D eigenvalue weighted by atomic mass is 9.98. The van der Waals surface area contributed by atoms with E-state index in [-0.39, 0.29) is 5.91 Å². The number of hydrogen-bond acceptors (Lipinski definition) is 4. The molecule has 3 aromatic rings. The fourth-order valence-electron chi connectivity index (χ4n) is 4.05. The van der Waals surface area contributed by atoms with Crippen LogP contribution in [0, 0.1) is 0 Å². The lowest BCUT2D eigenvalue weighted by Gasteiger charge is -2.16. The zero-order valence-electron chi connectivity index (χ0n) is 15.7. The van der Waals surface area contributed by atoms with Crippen LogP contribution in [-0.2, 0) is 6.61 Å². The van der Waals surface area contributed by atoms with E-state index in [1.165, 1.54) is 5.56 Å². The summed E-state index contributed by atoms with van der Waals surface area (Å²) in [6, 6.07) is 18.2. The average molecular weight is 391 g/mol. The van der Waals surface area contributed by atoms with Gasteiger partial charge in [0.1, 0.15) is 18.1 Å². The first-order chi connectivity index (χ1) is 13.7. The van der Waals surface area contributed by atoms with E-state index in [2.05, 4.69) is 18.2 Å². The van der Waals surface area contributed by atoms with Crippen molar-refractivity contribution >= 4 is 17.2 Å². The van der Waals surface area contributed by atoms with Gasteiger partial charge in [-0.3, -0.25) is 4.79 Å².